The maximum Gasteiger partial charge on any atom is 0.222 e. The topological polar surface area (TPSA) is 48.1 Å². The smallest absolute Gasteiger partial charge is 0.222 e. The molecule has 1 amide bonds. The number of nitrogens with one attached hydrogen (secondary N) is 2. The standard InChI is InChI=1S/C23H33N3O/c1-5-10-26-13-15(24-23(27)14(3)4)11-17-16-8-7-9-20-22(16)18(12-21(17)26)19(6-2)25-20/h7-9,14-15,17,21,25H,5-6,10-13H2,1-4H3,(H,24,27)/t15-,17?,21+/m0/s1. The van der Waals surface area contributed by atoms with Crippen LogP contribution in [0.2, 0.25) is 0 Å². The molecular weight excluding hydrogens is 334 g/mol. The summed E-state index contributed by atoms with van der Waals surface area (Å²) in [5.74, 6) is 0.722. The lowest BCUT2D eigenvalue weighted by molar-refractivity contribution is -0.125. The first kappa shape index (κ1) is 18.5. The Morgan fingerprint density at radius 1 is 1.33 bits per heavy atom. The van der Waals surface area contributed by atoms with Gasteiger partial charge >= 0.3 is 0 Å². The van der Waals surface area contributed by atoms with Gasteiger partial charge in [-0.15, -0.1) is 0 Å². The van der Waals surface area contributed by atoms with E-state index in [0.717, 1.165) is 38.8 Å². The summed E-state index contributed by atoms with van der Waals surface area (Å²) in [6.45, 7) is 10.5. The molecule has 2 aromatic rings. The van der Waals surface area contributed by atoms with Gasteiger partial charge in [-0.2, -0.15) is 0 Å². The van der Waals surface area contributed by atoms with Crippen molar-refractivity contribution >= 4 is 16.8 Å². The summed E-state index contributed by atoms with van der Waals surface area (Å²) in [6.07, 6.45) is 4.39. The van der Waals surface area contributed by atoms with Crippen molar-refractivity contribution in [2.24, 2.45) is 5.92 Å². The number of carbonyl (C=O) groups is 1. The zero-order valence-corrected chi connectivity index (χ0v) is 17.1. The van der Waals surface area contributed by atoms with Crippen molar-refractivity contribution < 1.29 is 4.79 Å². The highest BCUT2D eigenvalue weighted by atomic mass is 16.1. The molecule has 1 saturated heterocycles. The van der Waals surface area contributed by atoms with Crippen LogP contribution in [0.5, 0.6) is 0 Å². The van der Waals surface area contributed by atoms with Crippen molar-refractivity contribution in [1.82, 2.24) is 15.2 Å². The van der Waals surface area contributed by atoms with Crippen LogP contribution in [0.1, 0.15) is 63.3 Å². The summed E-state index contributed by atoms with van der Waals surface area (Å²) < 4.78 is 0. The molecule has 4 nitrogen and oxygen atoms in total. The van der Waals surface area contributed by atoms with E-state index in [2.05, 4.69) is 47.2 Å². The van der Waals surface area contributed by atoms with Gasteiger partial charge in [0.25, 0.3) is 0 Å². The lowest BCUT2D eigenvalue weighted by Gasteiger charge is -2.47. The van der Waals surface area contributed by atoms with Gasteiger partial charge in [-0.05, 0) is 49.4 Å². The molecular formula is C23H33N3O. The third-order valence-electron chi connectivity index (χ3n) is 6.52. The molecule has 1 unspecified atom stereocenters. The monoisotopic (exact) mass is 367 g/mol. The number of aryl methyl sites for hydroxylation is 1. The molecule has 1 fully saturated rings. The van der Waals surface area contributed by atoms with Gasteiger partial charge < -0.3 is 10.3 Å². The first-order chi connectivity index (χ1) is 13.0. The Morgan fingerprint density at radius 3 is 2.85 bits per heavy atom. The number of carbonyl (C=O) groups excluding carboxylic acids is 1. The Kier molecular flexibility index (Phi) is 5.02. The van der Waals surface area contributed by atoms with Gasteiger partial charge in [-0.25, -0.2) is 0 Å². The van der Waals surface area contributed by atoms with Crippen molar-refractivity contribution in [3.8, 4) is 0 Å². The van der Waals surface area contributed by atoms with Crippen LogP contribution in [0.3, 0.4) is 0 Å². The van der Waals surface area contributed by atoms with E-state index in [9.17, 15) is 4.79 Å². The maximum absolute atomic E-state index is 12.3. The fraction of sp³-hybridized carbons (Fsp3) is 0.609. The predicted molar refractivity (Wildman–Crippen MR) is 111 cm³/mol. The Balaban J connectivity index is 1.72. The quantitative estimate of drug-likeness (QED) is 0.839. The average Bonchev–Trinajstić information content (AvgIpc) is 3.02. The molecule has 4 rings (SSSR count). The molecule has 1 aliphatic heterocycles. The van der Waals surface area contributed by atoms with Crippen molar-refractivity contribution in [3.63, 3.8) is 0 Å². The molecule has 2 heterocycles. The molecule has 1 aromatic heterocycles. The van der Waals surface area contributed by atoms with Crippen LogP contribution in [0, 0.1) is 5.92 Å². The SMILES string of the molecule is CCCN1C[C@@H](NC(=O)C(C)C)CC2c3cccc4[nH]c(CC)c(c34)C[C@H]21. The van der Waals surface area contributed by atoms with Crippen LogP contribution >= 0.6 is 0 Å². The number of hydrogen-bond donors (Lipinski definition) is 2. The lowest BCUT2D eigenvalue weighted by atomic mass is 9.73. The number of H-pyrrole nitrogens is 1. The third-order valence-corrected chi connectivity index (χ3v) is 6.52. The fourth-order valence-electron chi connectivity index (χ4n) is 5.28. The van der Waals surface area contributed by atoms with Gasteiger partial charge in [-0.3, -0.25) is 9.69 Å². The molecule has 0 spiro atoms. The van der Waals surface area contributed by atoms with E-state index in [1.54, 1.807) is 0 Å². The number of piperidine rings is 1. The second-order valence-corrected chi connectivity index (χ2v) is 8.67. The fourth-order valence-corrected chi connectivity index (χ4v) is 5.28. The van der Waals surface area contributed by atoms with Crippen molar-refractivity contribution in [1.29, 1.82) is 0 Å². The zero-order valence-electron chi connectivity index (χ0n) is 17.1. The van der Waals surface area contributed by atoms with Crippen LogP contribution < -0.4 is 5.32 Å². The Labute approximate surface area is 162 Å². The summed E-state index contributed by atoms with van der Waals surface area (Å²) in [5, 5.41) is 4.78. The first-order valence-electron chi connectivity index (χ1n) is 10.7. The van der Waals surface area contributed by atoms with E-state index in [4.69, 9.17) is 0 Å². The molecule has 1 aromatic carbocycles. The summed E-state index contributed by atoms with van der Waals surface area (Å²) in [6, 6.07) is 7.53. The van der Waals surface area contributed by atoms with Crippen LogP contribution in [0.4, 0.5) is 0 Å². The van der Waals surface area contributed by atoms with Gasteiger partial charge in [0.1, 0.15) is 0 Å². The van der Waals surface area contributed by atoms with E-state index in [1.807, 2.05) is 13.8 Å². The van der Waals surface area contributed by atoms with Crippen molar-refractivity contribution in [2.45, 2.75) is 71.4 Å². The van der Waals surface area contributed by atoms with Crippen LogP contribution in [-0.2, 0) is 17.6 Å². The number of benzene rings is 1. The number of amides is 1. The van der Waals surface area contributed by atoms with Crippen molar-refractivity contribution in [3.05, 3.63) is 35.0 Å². The molecule has 1 aliphatic carbocycles. The molecule has 4 heteroatoms. The largest absolute Gasteiger partial charge is 0.358 e. The van der Waals surface area contributed by atoms with Crippen LogP contribution in [0.15, 0.2) is 18.2 Å². The number of aromatic nitrogens is 1. The maximum atomic E-state index is 12.3. The normalized spacial score (nSPS) is 25.0. The van der Waals surface area contributed by atoms with Crippen LogP contribution in [-0.4, -0.2) is 41.0 Å². The number of likely N-dealkylation sites (tertiary alicyclic amines) is 1. The second kappa shape index (κ2) is 7.31. The molecule has 27 heavy (non-hydrogen) atoms. The summed E-state index contributed by atoms with van der Waals surface area (Å²) in [5.41, 5.74) is 5.71. The second-order valence-electron chi connectivity index (χ2n) is 8.67. The molecule has 0 radical (unpaired) electrons. The van der Waals surface area contributed by atoms with Gasteiger partial charge in [0.05, 0.1) is 0 Å². The third kappa shape index (κ3) is 3.18. The minimum Gasteiger partial charge on any atom is -0.358 e. The van der Waals surface area contributed by atoms with Crippen molar-refractivity contribution in [2.75, 3.05) is 13.1 Å². The minimum absolute atomic E-state index is 0.0422. The summed E-state index contributed by atoms with van der Waals surface area (Å²) in [7, 11) is 0. The number of hydrogen-bond acceptors (Lipinski definition) is 2. The zero-order chi connectivity index (χ0) is 19.1. The minimum atomic E-state index is 0.0422. The van der Waals surface area contributed by atoms with Crippen LogP contribution in [0.25, 0.3) is 10.9 Å². The highest BCUT2D eigenvalue weighted by Crippen LogP contribution is 2.44. The van der Waals surface area contributed by atoms with Gasteiger partial charge in [-0.1, -0.05) is 39.8 Å². The highest BCUT2D eigenvalue weighted by molar-refractivity contribution is 5.89. The van der Waals surface area contributed by atoms with E-state index >= 15 is 0 Å². The Hall–Kier alpha value is -1.81. The van der Waals surface area contributed by atoms with Gasteiger partial charge in [0.15, 0.2) is 0 Å². The van der Waals surface area contributed by atoms with Gasteiger partial charge in [0.2, 0.25) is 5.91 Å². The Bertz CT molecular complexity index is 838. The average molecular weight is 368 g/mol. The molecule has 146 valence electrons. The van der Waals surface area contributed by atoms with E-state index in [-0.39, 0.29) is 17.9 Å². The molecule has 3 atom stereocenters. The molecule has 0 saturated carbocycles. The van der Waals surface area contributed by atoms with E-state index in [0.29, 0.717) is 12.0 Å². The number of nitrogens with zero attached hydrogens (tertiary/aromatic N) is 1. The molecule has 2 N–H and O–H groups in total. The lowest BCUT2D eigenvalue weighted by Crippen LogP contribution is -2.56. The first-order valence-corrected chi connectivity index (χ1v) is 10.7. The van der Waals surface area contributed by atoms with E-state index in [1.165, 1.54) is 27.7 Å². The van der Waals surface area contributed by atoms with Gasteiger partial charge in [0, 0.05) is 47.1 Å². The molecule has 2 aliphatic rings. The summed E-state index contributed by atoms with van der Waals surface area (Å²) >= 11 is 0. The predicted octanol–water partition coefficient (Wildman–Crippen LogP) is 4.00. The Morgan fingerprint density at radius 2 is 2.15 bits per heavy atom. The number of fused-ring (bicyclic) bond motifs is 2. The summed E-state index contributed by atoms with van der Waals surface area (Å²) in [4.78, 5) is 18.7. The highest BCUT2D eigenvalue weighted by Gasteiger charge is 2.41. The number of aromatic amines is 1. The molecule has 0 bridgehead atoms. The number of rotatable bonds is 5. The van der Waals surface area contributed by atoms with E-state index < -0.39 is 0 Å².